The van der Waals surface area contributed by atoms with Gasteiger partial charge in [-0.1, -0.05) is 31.3 Å². The lowest BCUT2D eigenvalue weighted by Crippen LogP contribution is -2.41. The molecule has 1 aliphatic heterocycles. The number of aromatic nitrogens is 3. The minimum absolute atomic E-state index is 0.0533. The van der Waals surface area contributed by atoms with Crippen molar-refractivity contribution in [3.8, 4) is 0 Å². The third-order valence-corrected chi connectivity index (χ3v) is 4.92. The molecule has 7 nitrogen and oxygen atoms in total. The fourth-order valence-electron chi connectivity index (χ4n) is 2.85. The van der Waals surface area contributed by atoms with Crippen molar-refractivity contribution < 1.29 is 9.59 Å². The number of nitrogens with one attached hydrogen (secondary N) is 1. The summed E-state index contributed by atoms with van der Waals surface area (Å²) < 4.78 is 0. The zero-order chi connectivity index (χ0) is 18.0. The molecule has 0 fully saturated rings. The van der Waals surface area contributed by atoms with Crippen LogP contribution in [0.3, 0.4) is 0 Å². The molecule has 3 rings (SSSR count). The molecule has 0 spiro atoms. The van der Waals surface area contributed by atoms with Gasteiger partial charge in [0, 0.05) is 32.6 Å². The van der Waals surface area contributed by atoms with Crippen LogP contribution in [-0.4, -0.2) is 38.4 Å². The molecule has 0 saturated heterocycles. The first kappa shape index (κ1) is 17.5. The summed E-state index contributed by atoms with van der Waals surface area (Å²) in [5, 5.41) is 12.4. The lowest BCUT2D eigenvalue weighted by Gasteiger charge is -2.32. The van der Waals surface area contributed by atoms with Gasteiger partial charge in [0.2, 0.25) is 16.9 Å². The summed E-state index contributed by atoms with van der Waals surface area (Å²) in [6.07, 6.45) is 2.51. The second-order valence-electron chi connectivity index (χ2n) is 6.59. The van der Waals surface area contributed by atoms with Crippen LogP contribution in [0.4, 0.5) is 5.13 Å². The number of amides is 2. The van der Waals surface area contributed by atoms with E-state index in [4.69, 9.17) is 0 Å². The first-order valence-corrected chi connectivity index (χ1v) is 9.08. The minimum Gasteiger partial charge on any atom is -0.337 e. The highest BCUT2D eigenvalue weighted by atomic mass is 32.1. The van der Waals surface area contributed by atoms with E-state index < -0.39 is 5.92 Å². The summed E-state index contributed by atoms with van der Waals surface area (Å²) in [7, 11) is 0. The van der Waals surface area contributed by atoms with Crippen LogP contribution in [0.1, 0.15) is 43.0 Å². The van der Waals surface area contributed by atoms with Crippen molar-refractivity contribution in [3.63, 3.8) is 0 Å². The molecule has 1 atom stereocenters. The number of hydrogen-bond acceptors (Lipinski definition) is 6. The first-order valence-electron chi connectivity index (χ1n) is 8.26. The number of rotatable bonds is 4. The Hall–Kier alpha value is -2.35. The monoisotopic (exact) mass is 359 g/mol. The van der Waals surface area contributed by atoms with E-state index in [0.717, 1.165) is 22.7 Å². The first-order chi connectivity index (χ1) is 11.9. The number of carbonyl (C=O) groups is 2. The van der Waals surface area contributed by atoms with E-state index in [-0.39, 0.29) is 11.8 Å². The van der Waals surface area contributed by atoms with Crippen molar-refractivity contribution in [2.75, 3.05) is 11.9 Å². The van der Waals surface area contributed by atoms with Gasteiger partial charge >= 0.3 is 0 Å². The van der Waals surface area contributed by atoms with E-state index >= 15 is 0 Å². The highest BCUT2D eigenvalue weighted by Gasteiger charge is 2.33. The van der Waals surface area contributed by atoms with Gasteiger partial charge in [-0.15, -0.1) is 10.2 Å². The van der Waals surface area contributed by atoms with Gasteiger partial charge < -0.3 is 4.90 Å². The second kappa shape index (κ2) is 7.26. The van der Waals surface area contributed by atoms with E-state index in [1.807, 2.05) is 12.1 Å². The zero-order valence-corrected chi connectivity index (χ0v) is 15.3. The average molecular weight is 359 g/mol. The Labute approximate surface area is 150 Å². The smallest absolute Gasteiger partial charge is 0.237 e. The molecule has 132 valence electrons. The average Bonchev–Trinajstić information content (AvgIpc) is 2.99. The summed E-state index contributed by atoms with van der Waals surface area (Å²) in [6, 6.07) is 3.73. The van der Waals surface area contributed by atoms with Crippen molar-refractivity contribution in [1.29, 1.82) is 0 Å². The number of hydrogen-bond donors (Lipinski definition) is 1. The highest BCUT2D eigenvalue weighted by molar-refractivity contribution is 7.15. The van der Waals surface area contributed by atoms with Gasteiger partial charge in [0.25, 0.3) is 0 Å². The summed E-state index contributed by atoms with van der Waals surface area (Å²) in [6.45, 7) is 6.54. The molecule has 1 N–H and O–H groups in total. The quantitative estimate of drug-likeness (QED) is 0.904. The summed E-state index contributed by atoms with van der Waals surface area (Å²) >= 11 is 1.39. The molecule has 2 amide bonds. The maximum Gasteiger partial charge on any atom is 0.237 e. The topological polar surface area (TPSA) is 88.1 Å². The number of carbonyl (C=O) groups excluding carboxylic acids is 2. The molecule has 0 bridgehead atoms. The summed E-state index contributed by atoms with van der Waals surface area (Å²) in [5.41, 5.74) is 1.63. The van der Waals surface area contributed by atoms with Gasteiger partial charge in [-0.05, 0) is 17.5 Å². The molecule has 0 radical (unpaired) electrons. The Balaban J connectivity index is 1.78. The maximum absolute atomic E-state index is 12.8. The molecule has 0 aromatic carbocycles. The van der Waals surface area contributed by atoms with Gasteiger partial charge in [-0.2, -0.15) is 0 Å². The van der Waals surface area contributed by atoms with E-state index in [1.165, 1.54) is 18.3 Å². The number of nitrogens with zero attached hydrogens (tertiary/aromatic N) is 4. The SMILES string of the molecule is CC(=O)N1Cc2cccnc2C(C(=O)Nc2nnc(CC(C)C)s2)C1. The number of anilines is 1. The van der Waals surface area contributed by atoms with E-state index in [9.17, 15) is 9.59 Å². The number of fused-ring (bicyclic) bond motifs is 1. The molecule has 0 aliphatic carbocycles. The van der Waals surface area contributed by atoms with Crippen LogP contribution in [0.2, 0.25) is 0 Å². The molecule has 0 saturated carbocycles. The molecular formula is C17H21N5O2S. The highest BCUT2D eigenvalue weighted by Crippen LogP contribution is 2.28. The molecule has 2 aromatic heterocycles. The van der Waals surface area contributed by atoms with Crippen molar-refractivity contribution >= 4 is 28.3 Å². The minimum atomic E-state index is -0.508. The van der Waals surface area contributed by atoms with Crippen molar-refractivity contribution in [1.82, 2.24) is 20.1 Å². The molecule has 8 heteroatoms. The van der Waals surface area contributed by atoms with Gasteiger partial charge in [-0.25, -0.2) is 0 Å². The Morgan fingerprint density at radius 3 is 2.92 bits per heavy atom. The zero-order valence-electron chi connectivity index (χ0n) is 14.5. The van der Waals surface area contributed by atoms with E-state index in [0.29, 0.717) is 24.1 Å². The van der Waals surface area contributed by atoms with Crippen LogP contribution in [0.15, 0.2) is 18.3 Å². The Kier molecular flexibility index (Phi) is 5.08. The fourth-order valence-corrected chi connectivity index (χ4v) is 3.81. The fraction of sp³-hybridized carbons (Fsp3) is 0.471. The van der Waals surface area contributed by atoms with Crippen LogP contribution >= 0.6 is 11.3 Å². The molecular weight excluding hydrogens is 338 g/mol. The van der Waals surface area contributed by atoms with Crippen molar-refractivity contribution in [2.45, 2.75) is 39.7 Å². The van der Waals surface area contributed by atoms with Crippen LogP contribution in [0, 0.1) is 5.92 Å². The van der Waals surface area contributed by atoms with Crippen LogP contribution in [-0.2, 0) is 22.6 Å². The molecule has 1 aliphatic rings. The summed E-state index contributed by atoms with van der Waals surface area (Å²) in [5.74, 6) is -0.290. The largest absolute Gasteiger partial charge is 0.337 e. The molecule has 1 unspecified atom stereocenters. The van der Waals surface area contributed by atoms with Gasteiger partial charge in [-0.3, -0.25) is 19.9 Å². The van der Waals surface area contributed by atoms with E-state index in [1.54, 1.807) is 11.1 Å². The standard InChI is InChI=1S/C17H21N5O2S/c1-10(2)7-14-20-21-17(25-14)19-16(24)13-9-22(11(3)23)8-12-5-4-6-18-15(12)13/h4-6,10,13H,7-9H2,1-3H3,(H,19,21,24). The van der Waals surface area contributed by atoms with Crippen molar-refractivity contribution in [3.05, 3.63) is 34.6 Å². The Bertz CT molecular complexity index is 789. The lowest BCUT2D eigenvalue weighted by atomic mass is 9.94. The molecule has 2 aromatic rings. The van der Waals surface area contributed by atoms with Crippen molar-refractivity contribution in [2.24, 2.45) is 5.92 Å². The number of pyridine rings is 1. The van der Waals surface area contributed by atoms with Crippen LogP contribution in [0.5, 0.6) is 0 Å². The van der Waals surface area contributed by atoms with Gasteiger partial charge in [0.05, 0.1) is 11.6 Å². The third kappa shape index (κ3) is 4.01. The molecule has 25 heavy (non-hydrogen) atoms. The predicted octanol–water partition coefficient (Wildman–Crippen LogP) is 2.22. The summed E-state index contributed by atoms with van der Waals surface area (Å²) in [4.78, 5) is 30.6. The third-order valence-electron chi connectivity index (χ3n) is 4.06. The van der Waals surface area contributed by atoms with Gasteiger partial charge in [0.15, 0.2) is 0 Å². The Morgan fingerprint density at radius 1 is 1.40 bits per heavy atom. The Morgan fingerprint density at radius 2 is 2.20 bits per heavy atom. The van der Waals surface area contributed by atoms with E-state index in [2.05, 4.69) is 34.3 Å². The predicted molar refractivity (Wildman–Crippen MR) is 95.1 cm³/mol. The second-order valence-corrected chi connectivity index (χ2v) is 7.65. The normalized spacial score (nSPS) is 16.6. The lowest BCUT2D eigenvalue weighted by molar-refractivity contribution is -0.131. The molecule has 3 heterocycles. The van der Waals surface area contributed by atoms with Crippen LogP contribution in [0.25, 0.3) is 0 Å². The van der Waals surface area contributed by atoms with Gasteiger partial charge in [0.1, 0.15) is 5.01 Å². The van der Waals surface area contributed by atoms with Crippen LogP contribution < -0.4 is 5.32 Å². The maximum atomic E-state index is 12.8.